The van der Waals surface area contributed by atoms with E-state index in [2.05, 4.69) is 16.8 Å². The van der Waals surface area contributed by atoms with E-state index in [4.69, 9.17) is 0 Å². The topological polar surface area (TPSA) is 51.1 Å². The number of hydrogen-bond donors (Lipinski definition) is 1. The van der Waals surface area contributed by atoms with Crippen molar-refractivity contribution in [3.05, 3.63) is 87.2 Å². The van der Waals surface area contributed by atoms with E-state index < -0.39 is 0 Å². The zero-order valence-corrected chi connectivity index (χ0v) is 17.6. The number of benzene rings is 2. The van der Waals surface area contributed by atoms with Gasteiger partial charge in [0.25, 0.3) is 5.91 Å². The molecule has 0 aliphatic rings. The lowest BCUT2D eigenvalue weighted by Crippen LogP contribution is -2.27. The third-order valence-electron chi connectivity index (χ3n) is 5.25. The van der Waals surface area contributed by atoms with Crippen LogP contribution in [-0.2, 0) is 6.54 Å². The molecule has 0 bridgehead atoms. The highest BCUT2D eigenvalue weighted by atomic mass is 16.2. The Morgan fingerprint density at radius 1 is 0.966 bits per heavy atom. The molecule has 0 aliphatic heterocycles. The summed E-state index contributed by atoms with van der Waals surface area (Å²) < 4.78 is 2.10. The summed E-state index contributed by atoms with van der Waals surface area (Å²) in [6, 6.07) is 17.1. The Balaban J connectivity index is 2.19. The number of nitrogens with one attached hydrogen (secondary N) is 1. The van der Waals surface area contributed by atoms with Gasteiger partial charge in [0.1, 0.15) is 5.56 Å². The lowest BCUT2D eigenvalue weighted by Gasteiger charge is -2.21. The zero-order valence-electron chi connectivity index (χ0n) is 17.6. The Labute approximate surface area is 172 Å². The highest BCUT2D eigenvalue weighted by Gasteiger charge is 2.22. The van der Waals surface area contributed by atoms with Crippen molar-refractivity contribution >= 4 is 11.6 Å². The predicted molar refractivity (Wildman–Crippen MR) is 120 cm³/mol. The van der Waals surface area contributed by atoms with Gasteiger partial charge in [-0.15, -0.1) is 0 Å². The average Bonchev–Trinajstić information content (AvgIpc) is 2.70. The number of hydrogen-bond acceptors (Lipinski definition) is 2. The normalized spacial score (nSPS) is 10.8. The molecule has 0 saturated carbocycles. The predicted octanol–water partition coefficient (Wildman–Crippen LogP) is 5.49. The lowest BCUT2D eigenvalue weighted by molar-refractivity contribution is 0.102. The molecular weight excluding hydrogens is 360 g/mol. The summed E-state index contributed by atoms with van der Waals surface area (Å²) in [5, 5.41) is 3.00. The molecule has 0 unspecified atom stereocenters. The minimum atomic E-state index is -0.364. The largest absolute Gasteiger partial charge is 0.344 e. The van der Waals surface area contributed by atoms with Gasteiger partial charge in [0.05, 0.1) is 5.69 Å². The summed E-state index contributed by atoms with van der Waals surface area (Å²) in [5.74, 6) is -0.364. The molecule has 4 heteroatoms. The van der Waals surface area contributed by atoms with Crippen molar-refractivity contribution in [3.8, 4) is 11.3 Å². The molecular formula is C25H28N2O2. The molecule has 4 nitrogen and oxygen atoms in total. The molecule has 1 heterocycles. The van der Waals surface area contributed by atoms with Gasteiger partial charge >= 0.3 is 0 Å². The number of unbranched alkanes of at least 4 members (excludes halogenated alkanes) is 1. The van der Waals surface area contributed by atoms with Crippen LogP contribution in [-0.4, -0.2) is 10.5 Å². The first-order chi connectivity index (χ1) is 13.9. The second-order valence-corrected chi connectivity index (χ2v) is 7.47. The second-order valence-electron chi connectivity index (χ2n) is 7.47. The van der Waals surface area contributed by atoms with Crippen LogP contribution in [0, 0.1) is 20.8 Å². The van der Waals surface area contributed by atoms with Gasteiger partial charge in [-0.25, -0.2) is 0 Å². The van der Waals surface area contributed by atoms with Crippen LogP contribution in [0.4, 0.5) is 5.69 Å². The molecule has 1 N–H and O–H groups in total. The van der Waals surface area contributed by atoms with Crippen LogP contribution < -0.4 is 10.7 Å². The van der Waals surface area contributed by atoms with Crippen molar-refractivity contribution in [2.45, 2.75) is 47.1 Å². The van der Waals surface area contributed by atoms with E-state index in [1.54, 1.807) is 6.07 Å². The van der Waals surface area contributed by atoms with Crippen LogP contribution in [0.5, 0.6) is 0 Å². The number of carbonyl (C=O) groups excluding carboxylic acids is 1. The van der Waals surface area contributed by atoms with Gasteiger partial charge in [-0.05, 0) is 43.9 Å². The van der Waals surface area contributed by atoms with E-state index in [0.717, 1.165) is 47.5 Å². The number of para-hydroxylation sites is 1. The van der Waals surface area contributed by atoms with Crippen molar-refractivity contribution in [2.24, 2.45) is 0 Å². The van der Waals surface area contributed by atoms with Crippen LogP contribution in [0.1, 0.15) is 46.9 Å². The Morgan fingerprint density at radius 3 is 2.24 bits per heavy atom. The Hall–Kier alpha value is -3.14. The summed E-state index contributed by atoms with van der Waals surface area (Å²) in [6.07, 6.45) is 2.01. The van der Waals surface area contributed by atoms with Gasteiger partial charge in [-0.3, -0.25) is 9.59 Å². The maximum Gasteiger partial charge on any atom is 0.261 e. The third kappa shape index (κ3) is 4.32. The highest BCUT2D eigenvalue weighted by molar-refractivity contribution is 6.08. The molecule has 3 rings (SSSR count). The van der Waals surface area contributed by atoms with Crippen molar-refractivity contribution in [2.75, 3.05) is 5.32 Å². The van der Waals surface area contributed by atoms with E-state index in [-0.39, 0.29) is 16.9 Å². The first-order valence-electron chi connectivity index (χ1n) is 10.1. The Kier molecular flexibility index (Phi) is 6.32. The molecule has 29 heavy (non-hydrogen) atoms. The Morgan fingerprint density at radius 2 is 1.62 bits per heavy atom. The fraction of sp³-hybridized carbons (Fsp3) is 0.280. The van der Waals surface area contributed by atoms with Crippen molar-refractivity contribution in [3.63, 3.8) is 0 Å². The van der Waals surface area contributed by atoms with Gasteiger partial charge in [0, 0.05) is 24.0 Å². The second kappa shape index (κ2) is 8.91. The van der Waals surface area contributed by atoms with Gasteiger partial charge in [-0.2, -0.15) is 0 Å². The van der Waals surface area contributed by atoms with E-state index in [9.17, 15) is 9.59 Å². The third-order valence-corrected chi connectivity index (χ3v) is 5.25. The highest BCUT2D eigenvalue weighted by Crippen LogP contribution is 2.26. The van der Waals surface area contributed by atoms with Crippen LogP contribution in [0.3, 0.4) is 0 Å². The monoisotopic (exact) mass is 388 g/mol. The maximum absolute atomic E-state index is 13.3. The van der Waals surface area contributed by atoms with Crippen LogP contribution >= 0.6 is 0 Å². The van der Waals surface area contributed by atoms with Gasteiger partial charge < -0.3 is 9.88 Å². The van der Waals surface area contributed by atoms with E-state index >= 15 is 0 Å². The molecule has 1 amide bonds. The molecule has 0 radical (unpaired) electrons. The van der Waals surface area contributed by atoms with E-state index in [1.807, 2.05) is 69.3 Å². The average molecular weight is 389 g/mol. The molecule has 1 aromatic heterocycles. The van der Waals surface area contributed by atoms with Crippen LogP contribution in [0.2, 0.25) is 0 Å². The van der Waals surface area contributed by atoms with Crippen molar-refractivity contribution < 1.29 is 4.79 Å². The SMILES string of the molecule is CCCCn1c(C)cc(=O)c(C(=O)Nc2c(C)cccc2C)c1-c1ccccc1. The number of anilines is 1. The Bertz CT molecular complexity index is 1060. The fourth-order valence-corrected chi connectivity index (χ4v) is 3.68. The van der Waals surface area contributed by atoms with Gasteiger partial charge in [-0.1, -0.05) is 61.9 Å². The number of nitrogens with zero attached hydrogens (tertiary/aromatic N) is 1. The van der Waals surface area contributed by atoms with Crippen molar-refractivity contribution in [1.29, 1.82) is 0 Å². The summed E-state index contributed by atoms with van der Waals surface area (Å²) in [6.45, 7) is 8.73. The molecule has 0 aliphatic carbocycles. The molecule has 3 aromatic rings. The minimum absolute atomic E-state index is 0.195. The summed E-state index contributed by atoms with van der Waals surface area (Å²) >= 11 is 0. The number of rotatable bonds is 6. The maximum atomic E-state index is 13.3. The molecule has 2 aromatic carbocycles. The standard InChI is InChI=1S/C25H28N2O2/c1-5-6-15-27-19(4)16-21(28)22(24(27)20-13-8-7-9-14-20)25(29)26-23-17(2)11-10-12-18(23)3/h7-14,16H,5-6,15H2,1-4H3,(H,26,29). The van der Waals surface area contributed by atoms with E-state index in [1.165, 1.54) is 0 Å². The fourth-order valence-electron chi connectivity index (χ4n) is 3.68. The van der Waals surface area contributed by atoms with Crippen LogP contribution in [0.25, 0.3) is 11.3 Å². The van der Waals surface area contributed by atoms with Gasteiger partial charge in [0.15, 0.2) is 5.43 Å². The molecule has 150 valence electrons. The summed E-state index contributed by atoms with van der Waals surface area (Å²) in [4.78, 5) is 26.3. The minimum Gasteiger partial charge on any atom is -0.344 e. The number of pyridine rings is 1. The molecule has 0 atom stereocenters. The van der Waals surface area contributed by atoms with Crippen LogP contribution in [0.15, 0.2) is 59.4 Å². The summed E-state index contributed by atoms with van der Waals surface area (Å²) in [5.41, 5.74) is 5.07. The number of aromatic nitrogens is 1. The smallest absolute Gasteiger partial charge is 0.261 e. The van der Waals surface area contributed by atoms with Crippen molar-refractivity contribution in [1.82, 2.24) is 4.57 Å². The van der Waals surface area contributed by atoms with E-state index in [0.29, 0.717) is 5.69 Å². The van der Waals surface area contributed by atoms with Gasteiger partial charge in [0.2, 0.25) is 0 Å². The number of aryl methyl sites for hydroxylation is 3. The first-order valence-corrected chi connectivity index (χ1v) is 10.1. The first kappa shape index (κ1) is 20.6. The molecule has 0 fully saturated rings. The number of carbonyl (C=O) groups is 1. The number of amides is 1. The molecule has 0 spiro atoms. The lowest BCUT2D eigenvalue weighted by atomic mass is 10.0. The quantitative estimate of drug-likeness (QED) is 0.607. The summed E-state index contributed by atoms with van der Waals surface area (Å²) in [7, 11) is 0. The molecule has 0 saturated heterocycles. The zero-order chi connectivity index (χ0) is 21.0.